The standard InChI is InChI=1S/C17H26N2O3/c1-19(2)14-11-15(22-16(12-14)21-3)9-10-18-17(20)13-7-5-4-6-8-13/h4-8,14-16H,9-12H2,1-3H3,(H,18,20)/t14-,15+,16-/m0/s1. The van der Waals surface area contributed by atoms with Crippen LogP contribution in [0.15, 0.2) is 30.3 Å². The lowest BCUT2D eigenvalue weighted by Gasteiger charge is -2.37. The molecule has 1 aromatic rings. The van der Waals surface area contributed by atoms with Gasteiger partial charge in [0.2, 0.25) is 0 Å². The van der Waals surface area contributed by atoms with Gasteiger partial charge in [-0.1, -0.05) is 18.2 Å². The molecule has 22 heavy (non-hydrogen) atoms. The van der Waals surface area contributed by atoms with Crippen molar-refractivity contribution in [3.8, 4) is 0 Å². The van der Waals surface area contributed by atoms with Gasteiger partial charge in [0.25, 0.3) is 5.91 Å². The molecule has 0 spiro atoms. The highest BCUT2D eigenvalue weighted by atomic mass is 16.7. The van der Waals surface area contributed by atoms with Crippen molar-refractivity contribution in [2.75, 3.05) is 27.7 Å². The third-order valence-electron chi connectivity index (χ3n) is 4.12. The summed E-state index contributed by atoms with van der Waals surface area (Å²) in [7, 11) is 5.84. The van der Waals surface area contributed by atoms with Crippen LogP contribution in [-0.2, 0) is 9.47 Å². The molecule has 3 atom stereocenters. The number of carbonyl (C=O) groups is 1. The molecule has 1 heterocycles. The molecule has 5 heteroatoms. The van der Waals surface area contributed by atoms with Crippen LogP contribution >= 0.6 is 0 Å². The van der Waals surface area contributed by atoms with Gasteiger partial charge in [0, 0.05) is 31.7 Å². The van der Waals surface area contributed by atoms with Gasteiger partial charge in [-0.3, -0.25) is 4.79 Å². The maximum atomic E-state index is 12.0. The third kappa shape index (κ3) is 4.80. The van der Waals surface area contributed by atoms with Crippen LogP contribution in [0.3, 0.4) is 0 Å². The Hall–Kier alpha value is -1.43. The first-order valence-electron chi connectivity index (χ1n) is 7.78. The van der Waals surface area contributed by atoms with Crippen LogP contribution in [-0.4, -0.2) is 57.0 Å². The van der Waals surface area contributed by atoms with Crippen LogP contribution < -0.4 is 5.32 Å². The molecule has 1 saturated heterocycles. The van der Waals surface area contributed by atoms with E-state index in [0.717, 1.165) is 19.3 Å². The average Bonchev–Trinajstić information content (AvgIpc) is 2.55. The quantitative estimate of drug-likeness (QED) is 0.872. The predicted octanol–water partition coefficient (Wildman–Crippen LogP) is 1.89. The minimum absolute atomic E-state index is 0.0381. The lowest BCUT2D eigenvalue weighted by atomic mass is 9.99. The van der Waals surface area contributed by atoms with Crippen molar-refractivity contribution in [2.45, 2.75) is 37.7 Å². The number of nitrogens with one attached hydrogen (secondary N) is 1. The molecule has 2 rings (SSSR count). The Kier molecular flexibility index (Phi) is 6.36. The van der Waals surface area contributed by atoms with Gasteiger partial charge in [-0.25, -0.2) is 0 Å². The van der Waals surface area contributed by atoms with E-state index in [1.807, 2.05) is 30.3 Å². The molecule has 1 amide bonds. The van der Waals surface area contributed by atoms with Crippen LogP contribution in [0.25, 0.3) is 0 Å². The highest BCUT2D eigenvalue weighted by Crippen LogP contribution is 2.24. The monoisotopic (exact) mass is 306 g/mol. The molecular formula is C17H26N2O3. The lowest BCUT2D eigenvalue weighted by Crippen LogP contribution is -2.44. The number of carbonyl (C=O) groups excluding carboxylic acids is 1. The predicted molar refractivity (Wildman–Crippen MR) is 85.8 cm³/mol. The maximum Gasteiger partial charge on any atom is 0.251 e. The van der Waals surface area contributed by atoms with E-state index in [0.29, 0.717) is 18.2 Å². The SMILES string of the molecule is CO[C@@H]1C[C@@H](N(C)C)C[C@@H](CCNC(=O)c2ccccc2)O1. The number of amides is 1. The van der Waals surface area contributed by atoms with E-state index in [1.54, 1.807) is 7.11 Å². The fourth-order valence-corrected chi connectivity index (χ4v) is 2.75. The third-order valence-corrected chi connectivity index (χ3v) is 4.12. The second-order valence-electron chi connectivity index (χ2n) is 5.92. The molecule has 0 saturated carbocycles. The van der Waals surface area contributed by atoms with Gasteiger partial charge in [-0.15, -0.1) is 0 Å². The number of hydrogen-bond donors (Lipinski definition) is 1. The molecule has 5 nitrogen and oxygen atoms in total. The number of benzene rings is 1. The van der Waals surface area contributed by atoms with Gasteiger partial charge in [-0.05, 0) is 39.1 Å². The fourth-order valence-electron chi connectivity index (χ4n) is 2.75. The van der Waals surface area contributed by atoms with E-state index in [4.69, 9.17) is 9.47 Å². The summed E-state index contributed by atoms with van der Waals surface area (Å²) in [5.74, 6) is -0.0381. The molecule has 0 unspecified atom stereocenters. The highest BCUT2D eigenvalue weighted by Gasteiger charge is 2.30. The van der Waals surface area contributed by atoms with E-state index in [-0.39, 0.29) is 18.3 Å². The fraction of sp³-hybridized carbons (Fsp3) is 0.588. The molecule has 1 aliphatic heterocycles. The van der Waals surface area contributed by atoms with Crippen LogP contribution in [0.1, 0.15) is 29.6 Å². The minimum atomic E-state index is -0.157. The molecule has 0 aromatic heterocycles. The van der Waals surface area contributed by atoms with Crippen molar-refractivity contribution < 1.29 is 14.3 Å². The van der Waals surface area contributed by atoms with E-state index in [1.165, 1.54) is 0 Å². The van der Waals surface area contributed by atoms with Crippen molar-refractivity contribution in [3.63, 3.8) is 0 Å². The first-order valence-corrected chi connectivity index (χ1v) is 7.78. The summed E-state index contributed by atoms with van der Waals surface area (Å²) >= 11 is 0. The summed E-state index contributed by atoms with van der Waals surface area (Å²) in [4.78, 5) is 14.2. The second kappa shape index (κ2) is 8.27. The average molecular weight is 306 g/mol. The molecular weight excluding hydrogens is 280 g/mol. The largest absolute Gasteiger partial charge is 0.356 e. The van der Waals surface area contributed by atoms with E-state index in [9.17, 15) is 4.79 Å². The molecule has 1 aromatic carbocycles. The number of nitrogens with zero attached hydrogens (tertiary/aromatic N) is 1. The van der Waals surface area contributed by atoms with Crippen LogP contribution in [0, 0.1) is 0 Å². The zero-order chi connectivity index (χ0) is 15.9. The number of methoxy groups -OCH3 is 1. The first kappa shape index (κ1) is 16.9. The van der Waals surface area contributed by atoms with Gasteiger partial charge < -0.3 is 19.7 Å². The summed E-state index contributed by atoms with van der Waals surface area (Å²) in [5, 5.41) is 2.95. The Balaban J connectivity index is 1.79. The molecule has 0 aliphatic carbocycles. The smallest absolute Gasteiger partial charge is 0.251 e. The van der Waals surface area contributed by atoms with Crippen molar-refractivity contribution in [1.82, 2.24) is 10.2 Å². The Morgan fingerprint density at radius 2 is 2.05 bits per heavy atom. The van der Waals surface area contributed by atoms with E-state index >= 15 is 0 Å². The zero-order valence-electron chi connectivity index (χ0n) is 13.6. The summed E-state index contributed by atoms with van der Waals surface area (Å²) in [6.45, 7) is 0.606. The normalized spacial score (nSPS) is 25.2. The van der Waals surface area contributed by atoms with Gasteiger partial charge in [0.05, 0.1) is 6.10 Å². The van der Waals surface area contributed by atoms with Gasteiger partial charge >= 0.3 is 0 Å². The Morgan fingerprint density at radius 3 is 2.68 bits per heavy atom. The molecule has 0 radical (unpaired) electrons. The Morgan fingerprint density at radius 1 is 1.32 bits per heavy atom. The van der Waals surface area contributed by atoms with Gasteiger partial charge in [0.1, 0.15) is 0 Å². The van der Waals surface area contributed by atoms with E-state index < -0.39 is 0 Å². The number of rotatable bonds is 6. The van der Waals surface area contributed by atoms with Crippen LogP contribution in [0.4, 0.5) is 0 Å². The van der Waals surface area contributed by atoms with Gasteiger partial charge in [-0.2, -0.15) is 0 Å². The molecule has 1 fully saturated rings. The highest BCUT2D eigenvalue weighted by molar-refractivity contribution is 5.94. The van der Waals surface area contributed by atoms with E-state index in [2.05, 4.69) is 24.3 Å². The first-order chi connectivity index (χ1) is 10.6. The molecule has 1 aliphatic rings. The van der Waals surface area contributed by atoms with Crippen molar-refractivity contribution in [1.29, 1.82) is 0 Å². The Labute approximate surface area is 132 Å². The molecule has 122 valence electrons. The topological polar surface area (TPSA) is 50.8 Å². The summed E-state index contributed by atoms with van der Waals surface area (Å²) in [6, 6.07) is 9.71. The van der Waals surface area contributed by atoms with Crippen molar-refractivity contribution in [2.24, 2.45) is 0 Å². The number of ether oxygens (including phenoxy) is 2. The summed E-state index contributed by atoms with van der Waals surface area (Å²) < 4.78 is 11.3. The summed E-state index contributed by atoms with van der Waals surface area (Å²) in [5.41, 5.74) is 0.688. The van der Waals surface area contributed by atoms with Crippen LogP contribution in [0.2, 0.25) is 0 Å². The second-order valence-corrected chi connectivity index (χ2v) is 5.92. The molecule has 1 N–H and O–H groups in total. The zero-order valence-corrected chi connectivity index (χ0v) is 13.6. The Bertz CT molecular complexity index is 464. The summed E-state index contributed by atoms with van der Waals surface area (Å²) in [6.07, 6.45) is 2.60. The lowest BCUT2D eigenvalue weighted by molar-refractivity contribution is -0.194. The molecule has 0 bridgehead atoms. The number of hydrogen-bond acceptors (Lipinski definition) is 4. The van der Waals surface area contributed by atoms with Crippen molar-refractivity contribution >= 4 is 5.91 Å². The van der Waals surface area contributed by atoms with Gasteiger partial charge in [0.15, 0.2) is 6.29 Å². The van der Waals surface area contributed by atoms with Crippen LogP contribution in [0.5, 0.6) is 0 Å². The maximum absolute atomic E-state index is 12.0. The minimum Gasteiger partial charge on any atom is -0.356 e. The van der Waals surface area contributed by atoms with Crippen molar-refractivity contribution in [3.05, 3.63) is 35.9 Å².